The molecule has 1 heteroatoms. The largest absolute Gasteiger partial charge is 0.368 e. The summed E-state index contributed by atoms with van der Waals surface area (Å²) in [5, 5.41) is 0. The summed E-state index contributed by atoms with van der Waals surface area (Å²) in [5.41, 5.74) is 0. The molecule has 0 saturated heterocycles. The Morgan fingerprint density at radius 2 is 2.40 bits per heavy atom. The monoisotopic (exact) mass is 135 g/mol. The van der Waals surface area contributed by atoms with Crippen LogP contribution in [0.25, 0.3) is 0 Å². The Bertz CT molecular complexity index is 168. The summed E-state index contributed by atoms with van der Waals surface area (Å²) in [7, 11) is 0. The van der Waals surface area contributed by atoms with Crippen LogP contribution in [0.5, 0.6) is 0 Å². The molecule has 0 saturated carbocycles. The van der Waals surface area contributed by atoms with Gasteiger partial charge < -0.3 is 4.90 Å². The third-order valence-corrected chi connectivity index (χ3v) is 1.69. The molecule has 0 aromatic carbocycles. The molecular formula is C9H13N. The molecule has 1 nitrogen and oxygen atoms in total. The Hall–Kier alpha value is -0.980. The summed E-state index contributed by atoms with van der Waals surface area (Å²) >= 11 is 0. The zero-order valence-electron chi connectivity index (χ0n) is 6.33. The van der Waals surface area contributed by atoms with Gasteiger partial charge in [-0.25, -0.2) is 0 Å². The molecule has 1 aliphatic rings. The molecule has 0 radical (unpaired) electrons. The lowest BCUT2D eigenvalue weighted by molar-refractivity contribution is 0.376. The van der Waals surface area contributed by atoms with Gasteiger partial charge >= 0.3 is 0 Å². The Morgan fingerprint density at radius 3 is 2.90 bits per heavy atom. The van der Waals surface area contributed by atoms with Gasteiger partial charge in [0.1, 0.15) is 0 Å². The van der Waals surface area contributed by atoms with Crippen LogP contribution in [0.4, 0.5) is 0 Å². The summed E-state index contributed by atoms with van der Waals surface area (Å²) in [5.74, 6) is 0. The van der Waals surface area contributed by atoms with Crippen molar-refractivity contribution in [2.24, 2.45) is 0 Å². The highest BCUT2D eigenvalue weighted by Gasteiger charge is 2.06. The SMILES string of the molecule is C=CC1C=CC=CN1CC. The minimum absolute atomic E-state index is 0.398. The lowest BCUT2D eigenvalue weighted by Crippen LogP contribution is -2.28. The van der Waals surface area contributed by atoms with E-state index in [1.165, 1.54) is 0 Å². The maximum Gasteiger partial charge on any atom is 0.0652 e. The first-order valence-corrected chi connectivity index (χ1v) is 3.61. The van der Waals surface area contributed by atoms with Crippen LogP contribution in [-0.4, -0.2) is 17.5 Å². The van der Waals surface area contributed by atoms with Crippen molar-refractivity contribution in [3.63, 3.8) is 0 Å². The van der Waals surface area contributed by atoms with Gasteiger partial charge in [0.15, 0.2) is 0 Å². The van der Waals surface area contributed by atoms with Crippen LogP contribution in [0.1, 0.15) is 6.92 Å². The van der Waals surface area contributed by atoms with Gasteiger partial charge in [0, 0.05) is 6.54 Å². The van der Waals surface area contributed by atoms with Crippen LogP contribution in [-0.2, 0) is 0 Å². The summed E-state index contributed by atoms with van der Waals surface area (Å²) in [6, 6.07) is 0.398. The van der Waals surface area contributed by atoms with Crippen LogP contribution >= 0.6 is 0 Å². The average Bonchev–Trinajstić information content (AvgIpc) is 2.04. The van der Waals surface area contributed by atoms with E-state index in [2.05, 4.69) is 36.8 Å². The first-order chi connectivity index (χ1) is 4.88. The fourth-order valence-corrected chi connectivity index (χ4v) is 1.08. The standard InChI is InChI=1S/C9H13N/c1-3-9-7-5-6-8-10(9)4-2/h3,5-9H,1,4H2,2H3. The molecule has 0 fully saturated rings. The van der Waals surface area contributed by atoms with E-state index >= 15 is 0 Å². The van der Waals surface area contributed by atoms with Crippen LogP contribution in [0.3, 0.4) is 0 Å². The van der Waals surface area contributed by atoms with Crippen molar-refractivity contribution in [3.8, 4) is 0 Å². The van der Waals surface area contributed by atoms with E-state index in [-0.39, 0.29) is 0 Å². The van der Waals surface area contributed by atoms with Crippen LogP contribution in [0.2, 0.25) is 0 Å². The molecular weight excluding hydrogens is 122 g/mol. The van der Waals surface area contributed by atoms with E-state index < -0.39 is 0 Å². The van der Waals surface area contributed by atoms with Crippen molar-refractivity contribution in [2.75, 3.05) is 6.54 Å². The minimum Gasteiger partial charge on any atom is -0.368 e. The predicted molar refractivity (Wildman–Crippen MR) is 44.6 cm³/mol. The first kappa shape index (κ1) is 7.13. The molecule has 1 unspecified atom stereocenters. The maximum atomic E-state index is 3.76. The molecule has 0 aromatic rings. The van der Waals surface area contributed by atoms with Crippen molar-refractivity contribution >= 4 is 0 Å². The molecule has 1 aliphatic heterocycles. The minimum atomic E-state index is 0.398. The molecule has 10 heavy (non-hydrogen) atoms. The number of hydrogen-bond donors (Lipinski definition) is 0. The van der Waals surface area contributed by atoms with E-state index in [0.29, 0.717) is 6.04 Å². The van der Waals surface area contributed by atoms with E-state index in [0.717, 1.165) is 6.54 Å². The van der Waals surface area contributed by atoms with Crippen molar-refractivity contribution in [2.45, 2.75) is 13.0 Å². The number of nitrogens with zero attached hydrogens (tertiary/aromatic N) is 1. The third-order valence-electron chi connectivity index (χ3n) is 1.69. The highest BCUT2D eigenvalue weighted by atomic mass is 15.1. The fourth-order valence-electron chi connectivity index (χ4n) is 1.08. The highest BCUT2D eigenvalue weighted by molar-refractivity contribution is 5.17. The van der Waals surface area contributed by atoms with Gasteiger partial charge in [-0.15, -0.1) is 6.58 Å². The molecule has 54 valence electrons. The molecule has 1 heterocycles. The molecule has 0 aliphatic carbocycles. The Morgan fingerprint density at radius 1 is 1.60 bits per heavy atom. The summed E-state index contributed by atoms with van der Waals surface area (Å²) in [4.78, 5) is 2.23. The van der Waals surface area contributed by atoms with Crippen LogP contribution < -0.4 is 0 Å². The van der Waals surface area contributed by atoms with E-state index in [9.17, 15) is 0 Å². The first-order valence-electron chi connectivity index (χ1n) is 3.61. The summed E-state index contributed by atoms with van der Waals surface area (Å²) in [6.07, 6.45) is 10.3. The van der Waals surface area contributed by atoms with Gasteiger partial charge in [-0.2, -0.15) is 0 Å². The van der Waals surface area contributed by atoms with Crippen molar-refractivity contribution in [1.82, 2.24) is 4.90 Å². The van der Waals surface area contributed by atoms with Crippen molar-refractivity contribution in [3.05, 3.63) is 37.1 Å². The molecule has 1 atom stereocenters. The zero-order valence-corrected chi connectivity index (χ0v) is 6.33. The Balaban J connectivity index is 2.63. The smallest absolute Gasteiger partial charge is 0.0652 e. The van der Waals surface area contributed by atoms with Gasteiger partial charge in [-0.1, -0.05) is 18.2 Å². The predicted octanol–water partition coefficient (Wildman–Crippen LogP) is 1.95. The lowest BCUT2D eigenvalue weighted by Gasteiger charge is -2.26. The molecule has 0 N–H and O–H groups in total. The van der Waals surface area contributed by atoms with Gasteiger partial charge in [0.25, 0.3) is 0 Å². The Kier molecular flexibility index (Phi) is 2.32. The van der Waals surface area contributed by atoms with Crippen LogP contribution in [0, 0.1) is 0 Å². The van der Waals surface area contributed by atoms with Gasteiger partial charge in [0.05, 0.1) is 6.04 Å². The molecule has 1 rings (SSSR count). The van der Waals surface area contributed by atoms with Gasteiger partial charge in [-0.05, 0) is 19.2 Å². The highest BCUT2D eigenvalue weighted by Crippen LogP contribution is 2.07. The quantitative estimate of drug-likeness (QED) is 0.523. The molecule has 0 spiro atoms. The summed E-state index contributed by atoms with van der Waals surface area (Å²) < 4.78 is 0. The second-order valence-corrected chi connectivity index (χ2v) is 2.28. The summed E-state index contributed by atoms with van der Waals surface area (Å²) in [6.45, 7) is 6.93. The van der Waals surface area contributed by atoms with Gasteiger partial charge in [-0.3, -0.25) is 0 Å². The molecule has 0 bridgehead atoms. The van der Waals surface area contributed by atoms with Gasteiger partial charge in [0.2, 0.25) is 0 Å². The average molecular weight is 135 g/mol. The fraction of sp³-hybridized carbons (Fsp3) is 0.333. The maximum absolute atomic E-state index is 3.76. The zero-order chi connectivity index (χ0) is 7.40. The molecule has 0 aromatic heterocycles. The van der Waals surface area contributed by atoms with E-state index in [1.54, 1.807) is 0 Å². The van der Waals surface area contributed by atoms with Crippen LogP contribution in [0.15, 0.2) is 37.1 Å². The third kappa shape index (κ3) is 1.29. The lowest BCUT2D eigenvalue weighted by atomic mass is 10.2. The normalized spacial score (nSPS) is 23.3. The van der Waals surface area contributed by atoms with Crippen molar-refractivity contribution < 1.29 is 0 Å². The van der Waals surface area contributed by atoms with Crippen molar-refractivity contribution in [1.29, 1.82) is 0 Å². The molecule has 0 amide bonds. The Labute approximate surface area is 62.3 Å². The number of hydrogen-bond acceptors (Lipinski definition) is 1. The second-order valence-electron chi connectivity index (χ2n) is 2.28. The number of likely N-dealkylation sites (N-methyl/N-ethyl adjacent to an activating group) is 1. The van der Waals surface area contributed by atoms with E-state index in [4.69, 9.17) is 0 Å². The van der Waals surface area contributed by atoms with E-state index in [1.807, 2.05) is 12.2 Å². The number of rotatable bonds is 2. The number of allylic oxidation sites excluding steroid dienone is 2. The second kappa shape index (κ2) is 3.25. The topological polar surface area (TPSA) is 3.24 Å².